The molecule has 0 aliphatic rings. The number of nitrogens with one attached hydrogen (secondary N) is 1. The molecule has 2 aromatic carbocycles. The first-order valence-corrected chi connectivity index (χ1v) is 7.92. The molecule has 0 bridgehead atoms. The Morgan fingerprint density at radius 1 is 1.19 bits per heavy atom. The minimum atomic E-state index is -0.0239. The Morgan fingerprint density at radius 3 is 2.67 bits per heavy atom. The summed E-state index contributed by atoms with van der Waals surface area (Å²) in [4.78, 5) is 12.9. The van der Waals surface area contributed by atoms with E-state index in [1.54, 1.807) is 0 Å². The van der Waals surface area contributed by atoms with Gasteiger partial charge in [0.2, 0.25) is 5.91 Å². The average molecular weight is 300 g/mol. The van der Waals surface area contributed by atoms with Crippen molar-refractivity contribution in [3.8, 4) is 0 Å². The first-order chi connectivity index (χ1) is 10.1. The van der Waals surface area contributed by atoms with Crippen LogP contribution in [-0.4, -0.2) is 11.7 Å². The van der Waals surface area contributed by atoms with Crippen molar-refractivity contribution in [3.63, 3.8) is 0 Å². The van der Waals surface area contributed by atoms with Gasteiger partial charge in [0.15, 0.2) is 0 Å². The number of thioether (sulfide) groups is 1. The Hall–Kier alpha value is -1.94. The molecule has 4 heteroatoms. The van der Waals surface area contributed by atoms with E-state index in [9.17, 15) is 4.79 Å². The maximum Gasteiger partial charge on any atom is 0.234 e. The number of hydrogen-bond acceptors (Lipinski definition) is 3. The number of carbonyl (C=O) groups excluding carboxylic acids is 1. The Bertz CT molecular complexity index is 626. The topological polar surface area (TPSA) is 55.1 Å². The summed E-state index contributed by atoms with van der Waals surface area (Å²) in [5.41, 5.74) is 8.62. The largest absolute Gasteiger partial charge is 0.398 e. The van der Waals surface area contributed by atoms with Gasteiger partial charge in [-0.05, 0) is 35.7 Å². The molecule has 0 radical (unpaired) electrons. The molecule has 0 atom stereocenters. The van der Waals surface area contributed by atoms with E-state index in [0.29, 0.717) is 17.4 Å². The van der Waals surface area contributed by atoms with E-state index < -0.39 is 0 Å². The minimum Gasteiger partial charge on any atom is -0.398 e. The molecule has 0 fully saturated rings. The smallest absolute Gasteiger partial charge is 0.234 e. The average Bonchev–Trinajstić information content (AvgIpc) is 2.46. The highest BCUT2D eigenvalue weighted by atomic mass is 32.2. The van der Waals surface area contributed by atoms with Crippen LogP contribution in [0.5, 0.6) is 0 Å². The highest BCUT2D eigenvalue weighted by Crippen LogP contribution is 2.24. The number of amides is 1. The summed E-state index contributed by atoms with van der Waals surface area (Å²) in [5, 5.41) is 2.93. The molecule has 2 rings (SSSR count). The lowest BCUT2D eigenvalue weighted by Gasteiger charge is -2.10. The van der Waals surface area contributed by atoms with Crippen LogP contribution in [0.2, 0.25) is 0 Å². The fourth-order valence-corrected chi connectivity index (χ4v) is 2.70. The first kappa shape index (κ1) is 15.4. The van der Waals surface area contributed by atoms with Gasteiger partial charge in [0.05, 0.1) is 5.75 Å². The van der Waals surface area contributed by atoms with Crippen molar-refractivity contribution in [2.24, 2.45) is 0 Å². The Balaban J connectivity index is 1.93. The third-order valence-electron chi connectivity index (χ3n) is 3.11. The van der Waals surface area contributed by atoms with Crippen molar-refractivity contribution in [2.45, 2.75) is 24.7 Å². The summed E-state index contributed by atoms with van der Waals surface area (Å²) in [6.45, 7) is 4.27. The van der Waals surface area contributed by atoms with Crippen LogP contribution in [0.1, 0.15) is 25.3 Å². The van der Waals surface area contributed by atoms with Crippen LogP contribution >= 0.6 is 11.8 Å². The molecule has 0 saturated carbocycles. The fraction of sp³-hybridized carbons (Fsp3) is 0.235. The van der Waals surface area contributed by atoms with Gasteiger partial charge >= 0.3 is 0 Å². The van der Waals surface area contributed by atoms with E-state index in [0.717, 1.165) is 10.6 Å². The van der Waals surface area contributed by atoms with Crippen LogP contribution in [0.15, 0.2) is 53.4 Å². The summed E-state index contributed by atoms with van der Waals surface area (Å²) in [6.07, 6.45) is 0. The van der Waals surface area contributed by atoms with Crippen LogP contribution < -0.4 is 11.1 Å². The predicted molar refractivity (Wildman–Crippen MR) is 90.7 cm³/mol. The molecule has 0 aromatic heterocycles. The number of para-hydroxylation sites is 1. The molecular weight excluding hydrogens is 280 g/mol. The number of benzene rings is 2. The summed E-state index contributed by atoms with van der Waals surface area (Å²) in [5.74, 6) is 0.768. The molecular formula is C17H20N2OS. The number of anilines is 2. The predicted octanol–water partition coefficient (Wildman–Crippen LogP) is 4.12. The number of rotatable bonds is 5. The zero-order chi connectivity index (χ0) is 15.2. The van der Waals surface area contributed by atoms with Gasteiger partial charge in [-0.1, -0.05) is 38.1 Å². The summed E-state index contributed by atoms with van der Waals surface area (Å²) >= 11 is 1.45. The van der Waals surface area contributed by atoms with Gasteiger partial charge in [-0.3, -0.25) is 4.79 Å². The molecule has 0 unspecified atom stereocenters. The molecule has 0 saturated heterocycles. The van der Waals surface area contributed by atoms with E-state index in [-0.39, 0.29) is 5.91 Å². The summed E-state index contributed by atoms with van der Waals surface area (Å²) < 4.78 is 0. The van der Waals surface area contributed by atoms with E-state index in [4.69, 9.17) is 5.73 Å². The van der Waals surface area contributed by atoms with Crippen molar-refractivity contribution < 1.29 is 4.79 Å². The summed E-state index contributed by atoms with van der Waals surface area (Å²) in [7, 11) is 0. The van der Waals surface area contributed by atoms with E-state index >= 15 is 0 Å². The normalized spacial score (nSPS) is 10.6. The fourth-order valence-electron chi connectivity index (χ4n) is 1.93. The molecule has 110 valence electrons. The maximum absolute atomic E-state index is 12.0. The molecule has 0 spiro atoms. The number of carbonyl (C=O) groups is 1. The van der Waals surface area contributed by atoms with Crippen LogP contribution in [-0.2, 0) is 4.79 Å². The van der Waals surface area contributed by atoms with Gasteiger partial charge in [-0.15, -0.1) is 11.8 Å². The van der Waals surface area contributed by atoms with Crippen molar-refractivity contribution in [1.82, 2.24) is 0 Å². The zero-order valence-electron chi connectivity index (χ0n) is 12.3. The molecule has 2 aromatic rings. The highest BCUT2D eigenvalue weighted by molar-refractivity contribution is 8.00. The molecule has 3 N–H and O–H groups in total. The summed E-state index contributed by atoms with van der Waals surface area (Å²) in [6, 6.07) is 15.5. The van der Waals surface area contributed by atoms with Crippen molar-refractivity contribution in [1.29, 1.82) is 0 Å². The Morgan fingerprint density at radius 2 is 1.95 bits per heavy atom. The molecule has 3 nitrogen and oxygen atoms in total. The second-order valence-electron chi connectivity index (χ2n) is 5.15. The van der Waals surface area contributed by atoms with E-state index in [2.05, 4.69) is 25.2 Å². The van der Waals surface area contributed by atoms with Crippen molar-refractivity contribution in [3.05, 3.63) is 54.1 Å². The molecule has 0 heterocycles. The lowest BCUT2D eigenvalue weighted by molar-refractivity contribution is -0.113. The van der Waals surface area contributed by atoms with Gasteiger partial charge in [-0.25, -0.2) is 0 Å². The lowest BCUT2D eigenvalue weighted by atomic mass is 10.0. The van der Waals surface area contributed by atoms with Gasteiger partial charge in [-0.2, -0.15) is 0 Å². The Labute approximate surface area is 129 Å². The first-order valence-electron chi connectivity index (χ1n) is 6.93. The SMILES string of the molecule is CC(C)c1cccc(NC(=O)CSc2ccccc2N)c1. The van der Waals surface area contributed by atoms with E-state index in [1.165, 1.54) is 17.3 Å². The molecule has 1 amide bonds. The second kappa shape index (κ2) is 7.18. The highest BCUT2D eigenvalue weighted by Gasteiger charge is 2.06. The third-order valence-corrected chi connectivity index (χ3v) is 4.20. The Kier molecular flexibility index (Phi) is 5.28. The number of nitrogens with two attached hydrogens (primary N) is 1. The van der Waals surface area contributed by atoms with E-state index in [1.807, 2.05) is 42.5 Å². The molecule has 21 heavy (non-hydrogen) atoms. The second-order valence-corrected chi connectivity index (χ2v) is 6.17. The van der Waals surface area contributed by atoms with Gasteiger partial charge in [0, 0.05) is 16.3 Å². The number of nitrogen functional groups attached to an aromatic ring is 1. The monoisotopic (exact) mass is 300 g/mol. The zero-order valence-corrected chi connectivity index (χ0v) is 13.1. The maximum atomic E-state index is 12.0. The quantitative estimate of drug-likeness (QED) is 0.645. The van der Waals surface area contributed by atoms with Crippen LogP contribution in [0.25, 0.3) is 0 Å². The lowest BCUT2D eigenvalue weighted by Crippen LogP contribution is -2.14. The van der Waals surface area contributed by atoms with Crippen LogP contribution in [0, 0.1) is 0 Å². The van der Waals surface area contributed by atoms with Crippen LogP contribution in [0.4, 0.5) is 11.4 Å². The molecule has 0 aliphatic carbocycles. The standard InChI is InChI=1S/C17H20N2OS/c1-12(2)13-6-5-7-14(10-13)19-17(20)11-21-16-9-4-3-8-15(16)18/h3-10,12H,11,18H2,1-2H3,(H,19,20). The minimum absolute atomic E-state index is 0.0239. The van der Waals surface area contributed by atoms with Crippen LogP contribution in [0.3, 0.4) is 0 Å². The molecule has 0 aliphatic heterocycles. The van der Waals surface area contributed by atoms with Crippen molar-refractivity contribution in [2.75, 3.05) is 16.8 Å². The number of hydrogen-bond donors (Lipinski definition) is 2. The van der Waals surface area contributed by atoms with Gasteiger partial charge in [0.1, 0.15) is 0 Å². The third kappa shape index (κ3) is 4.53. The van der Waals surface area contributed by atoms with Gasteiger partial charge < -0.3 is 11.1 Å². The van der Waals surface area contributed by atoms with Gasteiger partial charge in [0.25, 0.3) is 0 Å². The van der Waals surface area contributed by atoms with Crippen molar-refractivity contribution >= 4 is 29.0 Å².